The summed E-state index contributed by atoms with van der Waals surface area (Å²) in [7, 11) is 2.11. The zero-order chi connectivity index (χ0) is 31.8. The fourth-order valence-electron chi connectivity index (χ4n) is 8.31. The molecule has 7 aromatic rings. The molecule has 4 heteroatoms. The van der Waals surface area contributed by atoms with Gasteiger partial charge in [0.2, 0.25) is 0 Å². The van der Waals surface area contributed by atoms with Gasteiger partial charge in [0.25, 0.3) is 0 Å². The predicted octanol–water partition coefficient (Wildman–Crippen LogP) is 9.38. The molecule has 5 aromatic carbocycles. The maximum atomic E-state index is 5.14. The molecule has 47 heavy (non-hydrogen) atoms. The van der Waals surface area contributed by atoms with Crippen LogP contribution in [0.3, 0.4) is 0 Å². The molecular formula is C43H36N4. The van der Waals surface area contributed by atoms with Gasteiger partial charge in [-0.25, -0.2) is 0 Å². The minimum absolute atomic E-state index is 0.164. The van der Waals surface area contributed by atoms with Gasteiger partial charge in [-0.2, -0.15) is 0 Å². The molecule has 1 aliphatic carbocycles. The lowest BCUT2D eigenvalue weighted by atomic mass is 9.55. The molecule has 3 heterocycles. The highest BCUT2D eigenvalue weighted by Crippen LogP contribution is 2.55. The molecule has 1 aliphatic heterocycles. The van der Waals surface area contributed by atoms with Gasteiger partial charge in [0.1, 0.15) is 0 Å². The first kappa shape index (κ1) is 27.7. The van der Waals surface area contributed by atoms with E-state index < -0.39 is 5.41 Å². The molecule has 0 amide bonds. The Hall–Kier alpha value is -5.61. The van der Waals surface area contributed by atoms with Crippen LogP contribution in [0.1, 0.15) is 47.4 Å². The van der Waals surface area contributed by atoms with Crippen molar-refractivity contribution in [3.05, 3.63) is 186 Å². The standard InChI is InChI=1S/C43H36N4/c1-42(2)35-16-5-7-18-37(35)43(41-21-10-11-24-44-41,38-19-8-6-17-36(38)42)30-22-23-34-33-15-4-9-20-39(33)47(40(34)27-30)32-14-12-13-31(28-32)46-26-25-45(3)29-46/h4-28H,29H2,1-3H3. The summed E-state index contributed by atoms with van der Waals surface area (Å²) >= 11 is 0. The first-order valence-corrected chi connectivity index (χ1v) is 16.4. The molecule has 0 spiro atoms. The third-order valence-electron chi connectivity index (χ3n) is 10.5. The topological polar surface area (TPSA) is 24.3 Å². The van der Waals surface area contributed by atoms with E-state index in [1.807, 2.05) is 12.3 Å². The van der Waals surface area contributed by atoms with Crippen LogP contribution >= 0.6 is 0 Å². The van der Waals surface area contributed by atoms with Crippen LogP contribution in [0.4, 0.5) is 5.69 Å². The van der Waals surface area contributed by atoms with Crippen LogP contribution in [0.25, 0.3) is 27.5 Å². The second kappa shape index (κ2) is 10.2. The molecule has 0 radical (unpaired) electrons. The van der Waals surface area contributed by atoms with Crippen LogP contribution < -0.4 is 4.90 Å². The van der Waals surface area contributed by atoms with Crippen molar-refractivity contribution in [1.82, 2.24) is 14.5 Å². The number of hydrogen-bond acceptors (Lipinski definition) is 3. The lowest BCUT2D eigenvalue weighted by molar-refractivity contribution is 0.496. The predicted molar refractivity (Wildman–Crippen MR) is 193 cm³/mol. The number of pyridine rings is 1. The zero-order valence-electron chi connectivity index (χ0n) is 26.9. The third-order valence-corrected chi connectivity index (χ3v) is 10.5. The average Bonchev–Trinajstić information content (AvgIpc) is 3.70. The molecule has 0 saturated carbocycles. The van der Waals surface area contributed by atoms with Crippen molar-refractivity contribution in [2.24, 2.45) is 0 Å². The maximum absolute atomic E-state index is 5.14. The Morgan fingerprint density at radius 1 is 0.574 bits per heavy atom. The van der Waals surface area contributed by atoms with Crippen molar-refractivity contribution >= 4 is 27.5 Å². The largest absolute Gasteiger partial charge is 0.361 e. The Morgan fingerprint density at radius 2 is 1.23 bits per heavy atom. The lowest BCUT2D eigenvalue weighted by Gasteiger charge is -2.47. The van der Waals surface area contributed by atoms with Gasteiger partial charge in [0, 0.05) is 53.2 Å². The molecule has 0 bridgehead atoms. The average molecular weight is 609 g/mol. The second-order valence-electron chi connectivity index (χ2n) is 13.5. The summed E-state index contributed by atoms with van der Waals surface area (Å²) in [4.78, 5) is 9.62. The number of rotatable bonds is 4. The highest BCUT2D eigenvalue weighted by atomic mass is 15.3. The van der Waals surface area contributed by atoms with Crippen LogP contribution in [0.2, 0.25) is 0 Å². The zero-order valence-corrected chi connectivity index (χ0v) is 26.9. The van der Waals surface area contributed by atoms with Crippen molar-refractivity contribution in [3.8, 4) is 5.69 Å². The van der Waals surface area contributed by atoms with E-state index in [1.54, 1.807) is 0 Å². The Balaban J connectivity index is 1.38. The minimum Gasteiger partial charge on any atom is -0.361 e. The van der Waals surface area contributed by atoms with Gasteiger partial charge in [-0.1, -0.05) is 105 Å². The van der Waals surface area contributed by atoms with Crippen molar-refractivity contribution in [2.45, 2.75) is 24.7 Å². The van der Waals surface area contributed by atoms with Crippen LogP contribution in [-0.2, 0) is 10.8 Å². The molecule has 4 nitrogen and oxygen atoms in total. The van der Waals surface area contributed by atoms with Gasteiger partial charge in [0.05, 0.1) is 28.8 Å². The Morgan fingerprint density at radius 3 is 1.94 bits per heavy atom. The molecule has 0 saturated heterocycles. The van der Waals surface area contributed by atoms with E-state index in [4.69, 9.17) is 4.98 Å². The van der Waals surface area contributed by atoms with Crippen LogP contribution in [0.15, 0.2) is 152 Å². The van der Waals surface area contributed by atoms with E-state index in [0.29, 0.717) is 0 Å². The highest BCUT2D eigenvalue weighted by molar-refractivity contribution is 6.09. The van der Waals surface area contributed by atoms with E-state index >= 15 is 0 Å². The van der Waals surface area contributed by atoms with Crippen molar-refractivity contribution < 1.29 is 0 Å². The summed E-state index contributed by atoms with van der Waals surface area (Å²) in [5.74, 6) is 0. The van der Waals surface area contributed by atoms with Gasteiger partial charge >= 0.3 is 0 Å². The van der Waals surface area contributed by atoms with Crippen LogP contribution in [0.5, 0.6) is 0 Å². The van der Waals surface area contributed by atoms with Gasteiger partial charge in [-0.05, 0) is 70.3 Å². The quantitative estimate of drug-likeness (QED) is 0.199. The minimum atomic E-state index is -0.605. The molecule has 9 rings (SSSR count). The lowest BCUT2D eigenvalue weighted by Crippen LogP contribution is -2.42. The summed E-state index contributed by atoms with van der Waals surface area (Å²) < 4.78 is 2.44. The number of para-hydroxylation sites is 1. The van der Waals surface area contributed by atoms with Crippen molar-refractivity contribution in [3.63, 3.8) is 0 Å². The molecule has 0 fully saturated rings. The molecular weight excluding hydrogens is 573 g/mol. The van der Waals surface area contributed by atoms with Gasteiger partial charge in [-0.3, -0.25) is 4.98 Å². The van der Waals surface area contributed by atoms with Gasteiger partial charge < -0.3 is 14.4 Å². The second-order valence-corrected chi connectivity index (χ2v) is 13.5. The summed E-state index contributed by atoms with van der Waals surface area (Å²) in [5, 5.41) is 2.49. The summed E-state index contributed by atoms with van der Waals surface area (Å²) in [6.07, 6.45) is 6.21. The fourth-order valence-corrected chi connectivity index (χ4v) is 8.31. The van der Waals surface area contributed by atoms with Gasteiger partial charge in [0.15, 0.2) is 0 Å². The van der Waals surface area contributed by atoms with E-state index in [0.717, 1.165) is 18.1 Å². The normalized spacial score (nSPS) is 16.1. The Labute approximate surface area is 275 Å². The molecule has 2 aliphatic rings. The number of benzene rings is 5. The smallest absolute Gasteiger partial charge is 0.0938 e. The molecule has 228 valence electrons. The highest BCUT2D eigenvalue weighted by Gasteiger charge is 2.49. The van der Waals surface area contributed by atoms with E-state index in [1.165, 1.54) is 55.3 Å². The first-order valence-electron chi connectivity index (χ1n) is 16.4. The summed E-state index contributed by atoms with van der Waals surface area (Å²) in [6.45, 7) is 5.55. The molecule has 0 N–H and O–H groups in total. The summed E-state index contributed by atoms with van der Waals surface area (Å²) in [5.41, 5.74) is 11.4. The number of anilines is 1. The van der Waals surface area contributed by atoms with Crippen molar-refractivity contribution in [1.29, 1.82) is 0 Å². The SMILES string of the molecule is CN1C=CN(c2cccc(-n3c4ccccc4c4ccc(C5(c6ccccn6)c6ccccc6C(C)(C)c6ccccc65)cc43)c2)C1. The maximum Gasteiger partial charge on any atom is 0.0938 e. The van der Waals surface area contributed by atoms with E-state index in [-0.39, 0.29) is 5.41 Å². The Bertz CT molecular complexity index is 2300. The number of fused-ring (bicyclic) bond motifs is 5. The van der Waals surface area contributed by atoms with Gasteiger partial charge in [-0.15, -0.1) is 0 Å². The molecule has 2 aromatic heterocycles. The third kappa shape index (κ3) is 3.91. The molecule has 0 unspecified atom stereocenters. The van der Waals surface area contributed by atoms with Crippen LogP contribution in [-0.4, -0.2) is 28.2 Å². The summed E-state index contributed by atoms with van der Waals surface area (Å²) in [6, 6.07) is 49.2. The van der Waals surface area contributed by atoms with E-state index in [2.05, 4.69) is 175 Å². The monoisotopic (exact) mass is 608 g/mol. The molecule has 0 atom stereocenters. The first-order chi connectivity index (χ1) is 23.0. The fraction of sp³-hybridized carbons (Fsp3) is 0.140. The number of hydrogen-bond donors (Lipinski definition) is 0. The Kier molecular flexibility index (Phi) is 6.01. The van der Waals surface area contributed by atoms with Crippen molar-refractivity contribution in [2.75, 3.05) is 18.6 Å². The van der Waals surface area contributed by atoms with Crippen LogP contribution in [0, 0.1) is 0 Å². The van der Waals surface area contributed by atoms with E-state index in [9.17, 15) is 0 Å². The number of nitrogens with zero attached hydrogens (tertiary/aromatic N) is 4. The number of aromatic nitrogens is 2.